The number of hydrogen-bond acceptors (Lipinski definition) is 7. The van der Waals surface area contributed by atoms with Gasteiger partial charge in [0, 0.05) is 28.7 Å². The summed E-state index contributed by atoms with van der Waals surface area (Å²) in [5, 5.41) is 0. The number of methoxy groups -OCH3 is 2. The molecule has 2 aliphatic rings. The van der Waals surface area contributed by atoms with Gasteiger partial charge in [-0.15, -0.1) is 0 Å². The fourth-order valence-corrected chi connectivity index (χ4v) is 4.62. The molecule has 7 heteroatoms. The Labute approximate surface area is 188 Å². The third-order valence-electron chi connectivity index (χ3n) is 6.58. The first-order valence-electron chi connectivity index (χ1n) is 10.7. The maximum Gasteiger partial charge on any atom is 0.348 e. The molecule has 2 heterocycles. The SMILES string of the molecule is COc1ccc(C2CC2(C(=O)O[C@H]2C(=O)OCC2(C)C)c2cc(C)ccc2OC)c(C)n1. The lowest BCUT2D eigenvalue weighted by atomic mass is 9.87. The van der Waals surface area contributed by atoms with E-state index in [4.69, 9.17) is 18.9 Å². The van der Waals surface area contributed by atoms with Crippen LogP contribution in [0, 0.1) is 19.3 Å². The van der Waals surface area contributed by atoms with Crippen LogP contribution < -0.4 is 9.47 Å². The number of esters is 2. The standard InChI is InChI=1S/C25H29NO6/c1-14-7-9-19(29-5)17(11-14)25(23(28)32-21-22(27)31-13-24(21,3)4)12-18(25)16-8-10-20(30-6)26-15(16)2/h7-11,18,21H,12-13H2,1-6H3/t18?,21-,25?/m0/s1. The molecule has 3 atom stereocenters. The van der Waals surface area contributed by atoms with Crippen molar-refractivity contribution < 1.29 is 28.5 Å². The topological polar surface area (TPSA) is 84.0 Å². The predicted octanol–water partition coefficient (Wildman–Crippen LogP) is 3.64. The molecule has 1 saturated heterocycles. The molecule has 7 nitrogen and oxygen atoms in total. The number of nitrogens with zero attached hydrogens (tertiary/aromatic N) is 1. The van der Waals surface area contributed by atoms with Gasteiger partial charge in [-0.3, -0.25) is 4.79 Å². The number of benzene rings is 1. The molecular weight excluding hydrogens is 410 g/mol. The monoisotopic (exact) mass is 439 g/mol. The normalized spacial score (nSPS) is 25.8. The van der Waals surface area contributed by atoms with Gasteiger partial charge in [0.15, 0.2) is 0 Å². The zero-order chi connectivity index (χ0) is 23.3. The Morgan fingerprint density at radius 2 is 1.88 bits per heavy atom. The summed E-state index contributed by atoms with van der Waals surface area (Å²) in [6.45, 7) is 7.80. The van der Waals surface area contributed by atoms with Crippen molar-refractivity contribution in [1.82, 2.24) is 4.98 Å². The lowest BCUT2D eigenvalue weighted by molar-refractivity contribution is -0.165. The van der Waals surface area contributed by atoms with Gasteiger partial charge in [-0.1, -0.05) is 37.6 Å². The molecule has 170 valence electrons. The van der Waals surface area contributed by atoms with Crippen LogP contribution in [-0.4, -0.2) is 43.9 Å². The molecule has 1 aromatic carbocycles. The number of hydrogen-bond donors (Lipinski definition) is 0. The summed E-state index contributed by atoms with van der Waals surface area (Å²) in [6.07, 6.45) is -0.415. The fraction of sp³-hybridized carbons (Fsp3) is 0.480. The van der Waals surface area contributed by atoms with Gasteiger partial charge in [-0.25, -0.2) is 9.78 Å². The summed E-state index contributed by atoms with van der Waals surface area (Å²) in [5.74, 6) is 0.0171. The van der Waals surface area contributed by atoms with E-state index in [2.05, 4.69) is 4.98 Å². The molecule has 1 aliphatic carbocycles. The van der Waals surface area contributed by atoms with Crippen molar-refractivity contribution in [1.29, 1.82) is 0 Å². The lowest BCUT2D eigenvalue weighted by Crippen LogP contribution is -2.39. The minimum Gasteiger partial charge on any atom is -0.496 e. The van der Waals surface area contributed by atoms with Gasteiger partial charge in [0.2, 0.25) is 12.0 Å². The molecule has 32 heavy (non-hydrogen) atoms. The van der Waals surface area contributed by atoms with Crippen molar-refractivity contribution in [2.75, 3.05) is 20.8 Å². The minimum absolute atomic E-state index is 0.162. The minimum atomic E-state index is -0.975. The van der Waals surface area contributed by atoms with E-state index in [1.165, 1.54) is 0 Å². The van der Waals surface area contributed by atoms with Crippen LogP contribution in [0.4, 0.5) is 0 Å². The van der Waals surface area contributed by atoms with Crippen LogP contribution in [0.5, 0.6) is 11.6 Å². The molecule has 1 aliphatic heterocycles. The van der Waals surface area contributed by atoms with E-state index in [0.29, 0.717) is 18.1 Å². The van der Waals surface area contributed by atoms with Crippen LogP contribution in [-0.2, 0) is 24.5 Å². The summed E-state index contributed by atoms with van der Waals surface area (Å²) in [4.78, 5) is 30.6. The van der Waals surface area contributed by atoms with Gasteiger partial charge in [0.1, 0.15) is 17.8 Å². The Morgan fingerprint density at radius 3 is 2.47 bits per heavy atom. The van der Waals surface area contributed by atoms with E-state index in [-0.39, 0.29) is 12.5 Å². The zero-order valence-corrected chi connectivity index (χ0v) is 19.4. The number of pyridine rings is 1. The lowest BCUT2D eigenvalue weighted by Gasteiger charge is -2.26. The summed E-state index contributed by atoms with van der Waals surface area (Å²) in [6, 6.07) is 9.50. The summed E-state index contributed by atoms with van der Waals surface area (Å²) < 4.78 is 21.9. The second-order valence-corrected chi connectivity index (χ2v) is 9.34. The van der Waals surface area contributed by atoms with Crippen LogP contribution in [0.15, 0.2) is 30.3 Å². The van der Waals surface area contributed by atoms with Crippen molar-refractivity contribution in [3.05, 3.63) is 52.7 Å². The number of carbonyl (C=O) groups is 2. The Bertz CT molecular complexity index is 1080. The van der Waals surface area contributed by atoms with E-state index in [0.717, 1.165) is 22.4 Å². The maximum atomic E-state index is 13.8. The Balaban J connectivity index is 1.78. The van der Waals surface area contributed by atoms with Gasteiger partial charge in [0.25, 0.3) is 0 Å². The number of ether oxygens (including phenoxy) is 4. The van der Waals surface area contributed by atoms with Crippen molar-refractivity contribution in [3.63, 3.8) is 0 Å². The molecule has 1 aromatic heterocycles. The number of aromatic nitrogens is 1. The first-order valence-corrected chi connectivity index (χ1v) is 10.7. The van der Waals surface area contributed by atoms with Gasteiger partial charge in [0.05, 0.1) is 14.2 Å². The predicted molar refractivity (Wildman–Crippen MR) is 117 cm³/mol. The summed E-state index contributed by atoms with van der Waals surface area (Å²) in [5.41, 5.74) is 1.93. The second kappa shape index (κ2) is 7.80. The quantitative estimate of drug-likeness (QED) is 0.636. The molecule has 4 rings (SSSR count). The van der Waals surface area contributed by atoms with Crippen molar-refractivity contribution in [2.24, 2.45) is 5.41 Å². The molecule has 2 unspecified atom stereocenters. The average Bonchev–Trinajstić information content (AvgIpc) is 3.46. The zero-order valence-electron chi connectivity index (χ0n) is 19.4. The van der Waals surface area contributed by atoms with E-state index in [9.17, 15) is 9.59 Å². The molecular formula is C25H29NO6. The Kier molecular flexibility index (Phi) is 5.39. The summed E-state index contributed by atoms with van der Waals surface area (Å²) >= 11 is 0. The van der Waals surface area contributed by atoms with Crippen molar-refractivity contribution in [2.45, 2.75) is 51.6 Å². The first-order chi connectivity index (χ1) is 15.1. The van der Waals surface area contributed by atoms with Crippen molar-refractivity contribution >= 4 is 11.9 Å². The number of cyclic esters (lactones) is 1. The first kappa shape index (κ1) is 22.1. The largest absolute Gasteiger partial charge is 0.496 e. The highest BCUT2D eigenvalue weighted by Gasteiger charge is 2.65. The van der Waals surface area contributed by atoms with Crippen LogP contribution >= 0.6 is 0 Å². The van der Waals surface area contributed by atoms with Gasteiger partial charge in [-0.2, -0.15) is 0 Å². The van der Waals surface area contributed by atoms with Crippen LogP contribution in [0.2, 0.25) is 0 Å². The highest BCUT2D eigenvalue weighted by Crippen LogP contribution is 2.64. The molecule has 2 aromatic rings. The van der Waals surface area contributed by atoms with Gasteiger partial charge >= 0.3 is 11.9 Å². The molecule has 0 spiro atoms. The molecule has 0 radical (unpaired) electrons. The third kappa shape index (κ3) is 3.49. The van der Waals surface area contributed by atoms with E-state index >= 15 is 0 Å². The smallest absolute Gasteiger partial charge is 0.348 e. The molecule has 0 bridgehead atoms. The molecule has 0 N–H and O–H groups in total. The summed E-state index contributed by atoms with van der Waals surface area (Å²) in [7, 11) is 3.16. The molecule has 1 saturated carbocycles. The molecule has 2 fully saturated rings. The van der Waals surface area contributed by atoms with Crippen LogP contribution in [0.25, 0.3) is 0 Å². The van der Waals surface area contributed by atoms with Crippen molar-refractivity contribution in [3.8, 4) is 11.6 Å². The Morgan fingerprint density at radius 1 is 1.12 bits per heavy atom. The number of carbonyl (C=O) groups excluding carboxylic acids is 2. The van der Waals surface area contributed by atoms with E-state index in [1.807, 2.05) is 52.0 Å². The molecule has 0 amide bonds. The highest BCUT2D eigenvalue weighted by molar-refractivity contribution is 5.92. The van der Waals surface area contributed by atoms with E-state index < -0.39 is 28.9 Å². The average molecular weight is 440 g/mol. The van der Waals surface area contributed by atoms with Crippen LogP contribution in [0.3, 0.4) is 0 Å². The Hall–Kier alpha value is -3.09. The second-order valence-electron chi connectivity index (χ2n) is 9.34. The van der Waals surface area contributed by atoms with E-state index in [1.54, 1.807) is 20.3 Å². The van der Waals surface area contributed by atoms with Gasteiger partial charge < -0.3 is 18.9 Å². The number of aryl methyl sites for hydroxylation is 2. The van der Waals surface area contributed by atoms with Crippen LogP contribution in [0.1, 0.15) is 48.6 Å². The highest BCUT2D eigenvalue weighted by atomic mass is 16.6. The number of rotatable bonds is 6. The fourth-order valence-electron chi connectivity index (χ4n) is 4.62. The maximum absolute atomic E-state index is 13.8. The third-order valence-corrected chi connectivity index (χ3v) is 6.58. The van der Waals surface area contributed by atoms with Gasteiger partial charge in [-0.05, 0) is 31.9 Å².